The van der Waals surface area contributed by atoms with Crippen molar-refractivity contribution in [1.82, 2.24) is 9.97 Å². The molecule has 1 aromatic heterocycles. The van der Waals surface area contributed by atoms with Crippen molar-refractivity contribution in [2.45, 2.75) is 13.8 Å². The summed E-state index contributed by atoms with van der Waals surface area (Å²) in [6.07, 6.45) is 0. The van der Waals surface area contributed by atoms with Gasteiger partial charge < -0.3 is 10.6 Å². The third-order valence-electron chi connectivity index (χ3n) is 3.21. The van der Waals surface area contributed by atoms with Gasteiger partial charge in [-0.25, -0.2) is 9.97 Å². The minimum Gasteiger partial charge on any atom is -0.384 e. The fourth-order valence-electron chi connectivity index (χ4n) is 2.34. The van der Waals surface area contributed by atoms with Crippen LogP contribution in [0.5, 0.6) is 0 Å². The topological polar surface area (TPSA) is 49.8 Å². The number of hydrogen-bond donors (Lipinski definition) is 2. The van der Waals surface area contributed by atoms with Crippen molar-refractivity contribution in [2.24, 2.45) is 0 Å². The second kappa shape index (κ2) is 5.33. The lowest BCUT2D eigenvalue weighted by atomic mass is 10.2. The third-order valence-corrected chi connectivity index (χ3v) is 3.21. The summed E-state index contributed by atoms with van der Waals surface area (Å²) in [4.78, 5) is 9.38. The van der Waals surface area contributed by atoms with Crippen LogP contribution in [-0.2, 0) is 0 Å². The van der Waals surface area contributed by atoms with E-state index in [0.717, 1.165) is 46.5 Å². The minimum atomic E-state index is 0.880. The average molecular weight is 266 g/mol. The van der Waals surface area contributed by atoms with Crippen molar-refractivity contribution >= 4 is 33.4 Å². The van der Waals surface area contributed by atoms with E-state index < -0.39 is 0 Å². The molecule has 3 aromatic rings. The van der Waals surface area contributed by atoms with E-state index in [1.54, 1.807) is 0 Å². The van der Waals surface area contributed by atoms with Crippen LogP contribution in [-0.4, -0.2) is 23.1 Å². The number of benzene rings is 2. The Balaban J connectivity index is 2.23. The molecule has 0 aliphatic rings. The Kier molecular flexibility index (Phi) is 3.37. The van der Waals surface area contributed by atoms with Crippen LogP contribution in [0.2, 0.25) is 0 Å². The largest absolute Gasteiger partial charge is 0.384 e. The highest BCUT2D eigenvalue weighted by Gasteiger charge is 2.07. The maximum absolute atomic E-state index is 4.69. The van der Waals surface area contributed by atoms with Crippen LogP contribution in [0.3, 0.4) is 0 Å². The Bertz CT molecular complexity index is 688. The van der Waals surface area contributed by atoms with E-state index >= 15 is 0 Å². The first-order valence-corrected chi connectivity index (χ1v) is 7.00. The zero-order valence-electron chi connectivity index (χ0n) is 11.8. The number of para-hydroxylation sites is 2. The van der Waals surface area contributed by atoms with Gasteiger partial charge in [0.2, 0.25) is 0 Å². The van der Waals surface area contributed by atoms with Gasteiger partial charge in [-0.05, 0) is 38.1 Å². The summed E-state index contributed by atoms with van der Waals surface area (Å²) < 4.78 is 0. The van der Waals surface area contributed by atoms with Crippen LogP contribution >= 0.6 is 0 Å². The molecule has 4 heteroatoms. The van der Waals surface area contributed by atoms with Gasteiger partial charge in [-0.15, -0.1) is 0 Å². The van der Waals surface area contributed by atoms with E-state index in [2.05, 4.69) is 36.6 Å². The molecular weight excluding hydrogens is 248 g/mol. The third kappa shape index (κ3) is 2.25. The van der Waals surface area contributed by atoms with E-state index in [1.807, 2.05) is 24.3 Å². The lowest BCUT2D eigenvalue weighted by Crippen LogP contribution is -2.04. The van der Waals surface area contributed by atoms with Crippen molar-refractivity contribution in [2.75, 3.05) is 23.7 Å². The van der Waals surface area contributed by atoms with Gasteiger partial charge >= 0.3 is 0 Å². The molecule has 0 bridgehead atoms. The fraction of sp³-hybridized carbons (Fsp3) is 0.250. The Hall–Kier alpha value is -2.36. The zero-order chi connectivity index (χ0) is 13.9. The molecule has 0 spiro atoms. The first kappa shape index (κ1) is 12.7. The molecule has 102 valence electrons. The molecule has 0 unspecified atom stereocenters. The first-order valence-electron chi connectivity index (χ1n) is 7.00. The Morgan fingerprint density at radius 1 is 0.750 bits per heavy atom. The van der Waals surface area contributed by atoms with Crippen molar-refractivity contribution < 1.29 is 0 Å². The Labute approximate surface area is 118 Å². The Morgan fingerprint density at radius 3 is 1.60 bits per heavy atom. The summed E-state index contributed by atoms with van der Waals surface area (Å²) in [5.74, 6) is 0. The molecule has 0 aliphatic heterocycles. The second-order valence-electron chi connectivity index (χ2n) is 4.66. The fourth-order valence-corrected chi connectivity index (χ4v) is 2.34. The van der Waals surface area contributed by atoms with Crippen molar-refractivity contribution in [3.8, 4) is 0 Å². The summed E-state index contributed by atoms with van der Waals surface area (Å²) in [7, 11) is 0. The highest BCUT2D eigenvalue weighted by molar-refractivity contribution is 5.92. The number of aromatic nitrogens is 2. The van der Waals surface area contributed by atoms with E-state index in [-0.39, 0.29) is 0 Å². The first-order chi connectivity index (χ1) is 9.81. The molecule has 0 fully saturated rings. The predicted molar refractivity (Wildman–Crippen MR) is 85.4 cm³/mol. The number of anilines is 2. The van der Waals surface area contributed by atoms with Crippen LogP contribution in [0, 0.1) is 0 Å². The summed E-state index contributed by atoms with van der Waals surface area (Å²) in [5.41, 5.74) is 5.85. The maximum Gasteiger partial charge on any atom is 0.0916 e. The SMILES string of the molecule is CCNc1cc2nc3ccccc3nc2cc1NCC. The molecule has 2 N–H and O–H groups in total. The van der Waals surface area contributed by atoms with Gasteiger partial charge in [0, 0.05) is 13.1 Å². The molecule has 0 amide bonds. The standard InChI is InChI=1S/C16H18N4/c1-3-17-13-9-15-16(10-14(13)18-4-2)20-12-8-6-5-7-11(12)19-15/h5-10,17-18H,3-4H2,1-2H3. The van der Waals surface area contributed by atoms with Crippen molar-refractivity contribution in [3.63, 3.8) is 0 Å². The molecule has 0 atom stereocenters. The van der Waals surface area contributed by atoms with Crippen LogP contribution < -0.4 is 10.6 Å². The molecule has 1 heterocycles. The molecule has 0 saturated carbocycles. The van der Waals surface area contributed by atoms with E-state index in [1.165, 1.54) is 0 Å². The minimum absolute atomic E-state index is 0.880. The molecule has 3 rings (SSSR count). The van der Waals surface area contributed by atoms with E-state index in [4.69, 9.17) is 9.97 Å². The number of hydrogen-bond acceptors (Lipinski definition) is 4. The lowest BCUT2D eigenvalue weighted by Gasteiger charge is -2.13. The number of rotatable bonds is 4. The van der Waals surface area contributed by atoms with Crippen molar-refractivity contribution in [1.29, 1.82) is 0 Å². The number of nitrogens with zero attached hydrogens (tertiary/aromatic N) is 2. The molecule has 4 nitrogen and oxygen atoms in total. The van der Waals surface area contributed by atoms with Gasteiger partial charge in [-0.3, -0.25) is 0 Å². The molecule has 2 aromatic carbocycles. The quantitative estimate of drug-likeness (QED) is 0.708. The summed E-state index contributed by atoms with van der Waals surface area (Å²) in [5, 5.41) is 6.74. The number of fused-ring (bicyclic) bond motifs is 2. The van der Waals surface area contributed by atoms with Gasteiger partial charge in [0.25, 0.3) is 0 Å². The average Bonchev–Trinajstić information content (AvgIpc) is 2.46. The zero-order valence-corrected chi connectivity index (χ0v) is 11.8. The van der Waals surface area contributed by atoms with Gasteiger partial charge in [-0.1, -0.05) is 12.1 Å². The predicted octanol–water partition coefficient (Wildman–Crippen LogP) is 3.65. The van der Waals surface area contributed by atoms with E-state index in [0.29, 0.717) is 0 Å². The van der Waals surface area contributed by atoms with Crippen molar-refractivity contribution in [3.05, 3.63) is 36.4 Å². The molecule has 20 heavy (non-hydrogen) atoms. The van der Waals surface area contributed by atoms with Gasteiger partial charge in [0.05, 0.1) is 33.4 Å². The van der Waals surface area contributed by atoms with Crippen LogP contribution in [0.25, 0.3) is 22.1 Å². The highest BCUT2D eigenvalue weighted by atomic mass is 15.0. The summed E-state index contributed by atoms with van der Waals surface area (Å²) >= 11 is 0. The lowest BCUT2D eigenvalue weighted by molar-refractivity contribution is 1.18. The molecule has 0 saturated heterocycles. The summed E-state index contributed by atoms with van der Waals surface area (Å²) in [6.45, 7) is 5.94. The summed E-state index contributed by atoms with van der Waals surface area (Å²) in [6, 6.07) is 12.1. The van der Waals surface area contributed by atoms with Gasteiger partial charge in [-0.2, -0.15) is 0 Å². The normalized spacial score (nSPS) is 10.9. The molecule has 0 radical (unpaired) electrons. The second-order valence-corrected chi connectivity index (χ2v) is 4.66. The van der Waals surface area contributed by atoms with E-state index in [9.17, 15) is 0 Å². The molecular formula is C16H18N4. The number of nitrogens with one attached hydrogen (secondary N) is 2. The smallest absolute Gasteiger partial charge is 0.0916 e. The highest BCUT2D eigenvalue weighted by Crippen LogP contribution is 2.27. The maximum atomic E-state index is 4.69. The van der Waals surface area contributed by atoms with Gasteiger partial charge in [0.15, 0.2) is 0 Å². The van der Waals surface area contributed by atoms with Crippen LogP contribution in [0.4, 0.5) is 11.4 Å². The van der Waals surface area contributed by atoms with Crippen LogP contribution in [0.1, 0.15) is 13.8 Å². The monoisotopic (exact) mass is 266 g/mol. The Morgan fingerprint density at radius 2 is 1.20 bits per heavy atom. The van der Waals surface area contributed by atoms with Crippen LogP contribution in [0.15, 0.2) is 36.4 Å². The molecule has 0 aliphatic carbocycles. The van der Waals surface area contributed by atoms with Gasteiger partial charge in [0.1, 0.15) is 0 Å².